The van der Waals surface area contributed by atoms with E-state index < -0.39 is 0 Å². The molecule has 0 bridgehead atoms. The van der Waals surface area contributed by atoms with Gasteiger partial charge in [-0.3, -0.25) is 0 Å². The molecule has 4 heteroatoms. The second-order valence-electron chi connectivity index (χ2n) is 6.62. The first-order valence-electron chi connectivity index (χ1n) is 7.39. The highest BCUT2D eigenvalue weighted by atomic mass is 16.7. The highest BCUT2D eigenvalue weighted by Crippen LogP contribution is 2.36. The van der Waals surface area contributed by atoms with Gasteiger partial charge in [-0.25, -0.2) is 0 Å². The third-order valence-corrected chi connectivity index (χ3v) is 4.54. The molecule has 0 unspecified atom stereocenters. The van der Waals surface area contributed by atoms with Crippen molar-refractivity contribution in [1.82, 2.24) is 4.90 Å². The molecular formula is C16H26BNO2. The van der Waals surface area contributed by atoms with E-state index >= 15 is 0 Å². The fourth-order valence-corrected chi connectivity index (χ4v) is 2.28. The van der Waals surface area contributed by atoms with E-state index in [1.165, 1.54) is 5.56 Å². The largest absolute Gasteiger partial charge is 0.495 e. The van der Waals surface area contributed by atoms with Crippen LogP contribution in [-0.2, 0) is 15.9 Å². The molecule has 1 aliphatic heterocycles. The van der Waals surface area contributed by atoms with Crippen molar-refractivity contribution in [2.24, 2.45) is 0 Å². The van der Waals surface area contributed by atoms with E-state index in [2.05, 4.69) is 70.8 Å². The minimum absolute atomic E-state index is 0.276. The van der Waals surface area contributed by atoms with Gasteiger partial charge in [-0.2, -0.15) is 0 Å². The number of benzene rings is 1. The molecule has 2 rings (SSSR count). The van der Waals surface area contributed by atoms with Gasteiger partial charge in [-0.05, 0) is 52.3 Å². The number of nitrogens with zero attached hydrogens (tertiary/aromatic N) is 1. The van der Waals surface area contributed by atoms with Crippen molar-refractivity contribution in [3.63, 3.8) is 0 Å². The lowest BCUT2D eigenvalue weighted by Crippen LogP contribution is -2.41. The van der Waals surface area contributed by atoms with Gasteiger partial charge in [0.1, 0.15) is 0 Å². The van der Waals surface area contributed by atoms with E-state index in [9.17, 15) is 0 Å². The Balaban J connectivity index is 2.26. The molecule has 1 fully saturated rings. The van der Waals surface area contributed by atoms with Gasteiger partial charge in [0.15, 0.2) is 0 Å². The fraction of sp³-hybridized carbons (Fsp3) is 0.625. The van der Waals surface area contributed by atoms with Gasteiger partial charge in [0, 0.05) is 6.54 Å². The summed E-state index contributed by atoms with van der Waals surface area (Å²) in [5, 5.41) is 0. The van der Waals surface area contributed by atoms with E-state index in [4.69, 9.17) is 9.31 Å². The van der Waals surface area contributed by atoms with Crippen LogP contribution in [0.2, 0.25) is 0 Å². The molecule has 0 aromatic heterocycles. The maximum absolute atomic E-state index is 6.17. The second kappa shape index (κ2) is 5.51. The smallest absolute Gasteiger partial charge is 0.399 e. The monoisotopic (exact) mass is 275 g/mol. The molecule has 1 heterocycles. The molecule has 20 heavy (non-hydrogen) atoms. The van der Waals surface area contributed by atoms with Gasteiger partial charge in [-0.15, -0.1) is 0 Å². The van der Waals surface area contributed by atoms with Crippen molar-refractivity contribution in [1.29, 1.82) is 0 Å². The third-order valence-electron chi connectivity index (χ3n) is 4.54. The van der Waals surface area contributed by atoms with Crippen LogP contribution >= 0.6 is 0 Å². The first-order valence-corrected chi connectivity index (χ1v) is 7.39. The van der Waals surface area contributed by atoms with Crippen molar-refractivity contribution in [3.05, 3.63) is 29.8 Å². The lowest BCUT2D eigenvalue weighted by molar-refractivity contribution is 0.00578. The van der Waals surface area contributed by atoms with Gasteiger partial charge >= 0.3 is 7.12 Å². The summed E-state index contributed by atoms with van der Waals surface area (Å²) < 4.78 is 12.3. The van der Waals surface area contributed by atoms with Gasteiger partial charge in [0.2, 0.25) is 0 Å². The molecule has 0 atom stereocenters. The maximum atomic E-state index is 6.17. The molecule has 0 saturated carbocycles. The van der Waals surface area contributed by atoms with Crippen LogP contribution in [0.3, 0.4) is 0 Å². The van der Waals surface area contributed by atoms with Gasteiger partial charge in [0.25, 0.3) is 0 Å². The van der Waals surface area contributed by atoms with Crippen molar-refractivity contribution < 1.29 is 9.31 Å². The zero-order chi connectivity index (χ0) is 15.0. The predicted molar refractivity (Wildman–Crippen MR) is 84.2 cm³/mol. The quantitative estimate of drug-likeness (QED) is 0.788. The van der Waals surface area contributed by atoms with E-state index in [1.54, 1.807) is 0 Å². The molecule has 1 aromatic rings. The summed E-state index contributed by atoms with van der Waals surface area (Å²) in [6.07, 6.45) is 0. The normalized spacial score (nSPS) is 20.6. The minimum Gasteiger partial charge on any atom is -0.399 e. The standard InChI is InChI=1S/C16H26BNO2/c1-7-18(6)12-13-10-8-9-11-14(13)17-19-15(2,3)16(4,5)20-17/h8-11H,7,12H2,1-6H3. The van der Waals surface area contributed by atoms with Gasteiger partial charge in [0.05, 0.1) is 11.2 Å². The highest BCUT2D eigenvalue weighted by Gasteiger charge is 2.52. The lowest BCUT2D eigenvalue weighted by Gasteiger charge is -2.32. The Bertz CT molecular complexity index is 457. The van der Waals surface area contributed by atoms with Crippen LogP contribution in [0.4, 0.5) is 0 Å². The highest BCUT2D eigenvalue weighted by molar-refractivity contribution is 6.62. The Labute approximate surface area is 123 Å². The lowest BCUT2D eigenvalue weighted by atomic mass is 9.76. The first kappa shape index (κ1) is 15.6. The van der Waals surface area contributed by atoms with E-state index in [1.807, 2.05) is 0 Å². The summed E-state index contributed by atoms with van der Waals surface area (Å²) in [7, 11) is 1.85. The van der Waals surface area contributed by atoms with Crippen LogP contribution in [0, 0.1) is 0 Å². The number of hydrogen-bond acceptors (Lipinski definition) is 3. The molecule has 1 aromatic carbocycles. The summed E-state index contributed by atoms with van der Waals surface area (Å²) in [5.41, 5.74) is 1.84. The first-order chi connectivity index (χ1) is 9.27. The maximum Gasteiger partial charge on any atom is 0.495 e. The predicted octanol–water partition coefficient (Wildman–Crippen LogP) is 2.44. The molecule has 0 radical (unpaired) electrons. The third kappa shape index (κ3) is 2.92. The van der Waals surface area contributed by atoms with Gasteiger partial charge in [-0.1, -0.05) is 31.2 Å². The second-order valence-corrected chi connectivity index (χ2v) is 6.62. The molecule has 3 nitrogen and oxygen atoms in total. The minimum atomic E-state index is -0.290. The summed E-state index contributed by atoms with van der Waals surface area (Å²) in [4.78, 5) is 2.28. The van der Waals surface area contributed by atoms with Crippen LogP contribution in [-0.4, -0.2) is 36.8 Å². The molecular weight excluding hydrogens is 249 g/mol. The Morgan fingerprint density at radius 2 is 1.60 bits per heavy atom. The molecule has 0 N–H and O–H groups in total. The number of hydrogen-bond donors (Lipinski definition) is 0. The Morgan fingerprint density at radius 3 is 2.15 bits per heavy atom. The SMILES string of the molecule is CCN(C)Cc1ccccc1B1OC(C)(C)C(C)(C)O1. The van der Waals surface area contributed by atoms with E-state index in [0.717, 1.165) is 18.6 Å². The van der Waals surface area contributed by atoms with Crippen molar-refractivity contribution in [3.8, 4) is 0 Å². The zero-order valence-electron chi connectivity index (χ0n) is 13.6. The van der Waals surface area contributed by atoms with Crippen molar-refractivity contribution in [2.75, 3.05) is 13.6 Å². The average molecular weight is 275 g/mol. The van der Waals surface area contributed by atoms with Crippen LogP contribution in [0.1, 0.15) is 40.2 Å². The fourth-order valence-electron chi connectivity index (χ4n) is 2.28. The molecule has 1 saturated heterocycles. The molecule has 0 spiro atoms. The Hall–Kier alpha value is -0.835. The van der Waals surface area contributed by atoms with E-state index in [-0.39, 0.29) is 18.3 Å². The molecule has 0 amide bonds. The van der Waals surface area contributed by atoms with Crippen molar-refractivity contribution in [2.45, 2.75) is 52.4 Å². The summed E-state index contributed by atoms with van der Waals surface area (Å²) >= 11 is 0. The summed E-state index contributed by atoms with van der Waals surface area (Å²) in [6, 6.07) is 8.40. The summed E-state index contributed by atoms with van der Waals surface area (Å²) in [5.74, 6) is 0. The van der Waals surface area contributed by atoms with E-state index in [0.29, 0.717) is 0 Å². The zero-order valence-corrected chi connectivity index (χ0v) is 13.6. The molecule has 1 aliphatic rings. The molecule has 110 valence electrons. The Kier molecular flexibility index (Phi) is 4.28. The topological polar surface area (TPSA) is 21.7 Å². The summed E-state index contributed by atoms with van der Waals surface area (Å²) in [6.45, 7) is 12.5. The molecule has 0 aliphatic carbocycles. The van der Waals surface area contributed by atoms with Crippen LogP contribution in [0.5, 0.6) is 0 Å². The van der Waals surface area contributed by atoms with Gasteiger partial charge < -0.3 is 14.2 Å². The van der Waals surface area contributed by atoms with Crippen LogP contribution in [0.15, 0.2) is 24.3 Å². The Morgan fingerprint density at radius 1 is 1.05 bits per heavy atom. The van der Waals surface area contributed by atoms with Crippen LogP contribution < -0.4 is 5.46 Å². The van der Waals surface area contributed by atoms with Crippen LogP contribution in [0.25, 0.3) is 0 Å². The van der Waals surface area contributed by atoms with Crippen molar-refractivity contribution >= 4 is 12.6 Å². The number of rotatable bonds is 4. The average Bonchev–Trinajstić information content (AvgIpc) is 2.59.